The van der Waals surface area contributed by atoms with Gasteiger partial charge in [-0.15, -0.1) is 6.58 Å². The van der Waals surface area contributed by atoms with Crippen LogP contribution in [0.25, 0.3) is 0 Å². The normalized spacial score (nSPS) is 31.2. The molecule has 1 rings (SSSR count). The maximum absolute atomic E-state index is 12.7. The Kier molecular flexibility index (Phi) is 15.6. The lowest BCUT2D eigenvalue weighted by molar-refractivity contribution is -0.116. The second-order valence-corrected chi connectivity index (χ2v) is 10.1. The van der Waals surface area contributed by atoms with E-state index in [4.69, 9.17) is 9.47 Å². The van der Waals surface area contributed by atoms with Gasteiger partial charge in [0.15, 0.2) is 0 Å². The van der Waals surface area contributed by atoms with Gasteiger partial charge in [0.05, 0.1) is 12.2 Å². The van der Waals surface area contributed by atoms with Crippen molar-refractivity contribution >= 4 is 5.91 Å². The van der Waals surface area contributed by atoms with Crippen molar-refractivity contribution in [1.29, 1.82) is 0 Å². The zero-order chi connectivity index (χ0) is 27.8. The number of carbonyl (C=O) groups is 1. The highest BCUT2D eigenvalue weighted by molar-refractivity contribution is 5.94. The molecule has 0 saturated heterocycles. The molecule has 1 amide bonds. The fourth-order valence-corrected chi connectivity index (χ4v) is 4.67. The minimum absolute atomic E-state index is 0.00862. The highest BCUT2D eigenvalue weighted by Crippen LogP contribution is 2.27. The first kappa shape index (κ1) is 32.4. The molecule has 206 valence electrons. The van der Waals surface area contributed by atoms with Gasteiger partial charge >= 0.3 is 0 Å². The molecule has 4 atom stereocenters. The molecular formula is C32H50N2O3. The number of rotatable bonds is 7. The van der Waals surface area contributed by atoms with Gasteiger partial charge in [0.25, 0.3) is 5.91 Å². The number of carbonyl (C=O) groups excluding carboxylic acids is 1. The van der Waals surface area contributed by atoms with Crippen LogP contribution in [0, 0.1) is 11.8 Å². The van der Waals surface area contributed by atoms with E-state index in [0.717, 1.165) is 61.1 Å². The van der Waals surface area contributed by atoms with E-state index in [0.29, 0.717) is 24.0 Å². The molecule has 5 nitrogen and oxygen atoms in total. The Morgan fingerprint density at radius 1 is 1.16 bits per heavy atom. The van der Waals surface area contributed by atoms with Crippen LogP contribution in [-0.2, 0) is 14.3 Å². The molecule has 1 aliphatic rings. The maximum atomic E-state index is 12.7. The highest BCUT2D eigenvalue weighted by atomic mass is 16.5. The lowest BCUT2D eigenvalue weighted by atomic mass is 9.88. The van der Waals surface area contributed by atoms with Gasteiger partial charge in [-0.2, -0.15) is 0 Å². The van der Waals surface area contributed by atoms with Crippen LogP contribution in [0.15, 0.2) is 84.3 Å². The van der Waals surface area contributed by atoms with Crippen LogP contribution < -0.4 is 10.6 Å². The molecule has 0 aromatic heterocycles. The summed E-state index contributed by atoms with van der Waals surface area (Å²) in [5.74, 6) is 0.786. The molecule has 37 heavy (non-hydrogen) atoms. The molecule has 0 fully saturated rings. The van der Waals surface area contributed by atoms with Crippen LogP contribution in [-0.4, -0.2) is 38.9 Å². The van der Waals surface area contributed by atoms with Crippen molar-refractivity contribution in [2.75, 3.05) is 20.8 Å². The molecule has 0 spiro atoms. The van der Waals surface area contributed by atoms with Gasteiger partial charge in [0.1, 0.15) is 0 Å². The van der Waals surface area contributed by atoms with Gasteiger partial charge in [-0.1, -0.05) is 63.8 Å². The van der Waals surface area contributed by atoms with Gasteiger partial charge in [0.2, 0.25) is 0 Å². The topological polar surface area (TPSA) is 59.6 Å². The highest BCUT2D eigenvalue weighted by Gasteiger charge is 2.19. The summed E-state index contributed by atoms with van der Waals surface area (Å²) in [7, 11) is 3.56. The average molecular weight is 511 g/mol. The molecule has 1 aliphatic heterocycles. The van der Waals surface area contributed by atoms with Gasteiger partial charge in [-0.3, -0.25) is 4.79 Å². The molecular weight excluding hydrogens is 460 g/mol. The predicted molar refractivity (Wildman–Crippen MR) is 157 cm³/mol. The molecule has 0 aromatic rings. The fraction of sp³-hybridized carbons (Fsp3) is 0.531. The molecule has 0 aromatic carbocycles. The van der Waals surface area contributed by atoms with Crippen LogP contribution in [0.5, 0.6) is 0 Å². The van der Waals surface area contributed by atoms with Gasteiger partial charge in [-0.25, -0.2) is 0 Å². The summed E-state index contributed by atoms with van der Waals surface area (Å²) in [4.78, 5) is 12.7. The first-order valence-electron chi connectivity index (χ1n) is 13.5. The Morgan fingerprint density at radius 3 is 2.49 bits per heavy atom. The second-order valence-electron chi connectivity index (χ2n) is 10.1. The number of amides is 1. The molecule has 1 heterocycles. The third-order valence-corrected chi connectivity index (χ3v) is 6.95. The van der Waals surface area contributed by atoms with Crippen LogP contribution in [0.2, 0.25) is 0 Å². The number of hydrogen-bond donors (Lipinski definition) is 2. The van der Waals surface area contributed by atoms with E-state index in [1.54, 1.807) is 7.11 Å². The summed E-state index contributed by atoms with van der Waals surface area (Å²) >= 11 is 0. The minimum Gasteiger partial charge on any atom is -0.381 e. The average Bonchev–Trinajstić information content (AvgIpc) is 2.87. The van der Waals surface area contributed by atoms with Gasteiger partial charge in [-0.05, 0) is 75.0 Å². The van der Waals surface area contributed by atoms with Crippen LogP contribution in [0.3, 0.4) is 0 Å². The lowest BCUT2D eigenvalue weighted by Crippen LogP contribution is -2.23. The van der Waals surface area contributed by atoms with E-state index < -0.39 is 0 Å². The van der Waals surface area contributed by atoms with Crippen LogP contribution in [0.1, 0.15) is 66.2 Å². The van der Waals surface area contributed by atoms with E-state index in [1.807, 2.05) is 57.4 Å². The first-order chi connectivity index (χ1) is 17.7. The van der Waals surface area contributed by atoms with Crippen molar-refractivity contribution in [1.82, 2.24) is 10.6 Å². The van der Waals surface area contributed by atoms with Crippen LogP contribution >= 0.6 is 0 Å². The number of hydrogen-bond acceptors (Lipinski definition) is 4. The summed E-state index contributed by atoms with van der Waals surface area (Å²) in [5, 5.41) is 6.41. The summed E-state index contributed by atoms with van der Waals surface area (Å²) in [6.45, 7) is 21.0. The van der Waals surface area contributed by atoms with E-state index >= 15 is 0 Å². The third-order valence-electron chi connectivity index (χ3n) is 6.95. The second kappa shape index (κ2) is 17.8. The first-order valence-corrected chi connectivity index (χ1v) is 13.5. The fourth-order valence-electron chi connectivity index (χ4n) is 4.67. The Labute approximate surface area is 226 Å². The van der Waals surface area contributed by atoms with Crippen molar-refractivity contribution in [2.24, 2.45) is 11.8 Å². The molecule has 0 saturated carbocycles. The largest absolute Gasteiger partial charge is 0.381 e. The van der Waals surface area contributed by atoms with Crippen molar-refractivity contribution in [3.63, 3.8) is 0 Å². The summed E-state index contributed by atoms with van der Waals surface area (Å²) in [6, 6.07) is 0. The quantitative estimate of drug-likeness (QED) is 0.364. The summed E-state index contributed by atoms with van der Waals surface area (Å²) in [5.41, 5.74) is 4.14. The van der Waals surface area contributed by atoms with Crippen molar-refractivity contribution in [3.8, 4) is 0 Å². The molecule has 0 bridgehead atoms. The number of ether oxygens (including phenoxy) is 2. The van der Waals surface area contributed by atoms with Crippen LogP contribution in [0.4, 0.5) is 0 Å². The maximum Gasteiger partial charge on any atom is 0.251 e. The zero-order valence-electron chi connectivity index (χ0n) is 24.1. The standard InChI is InChI=1S/C32H50N2O3/c1-10-18-33-31-25(6)21-26(7)34-32(35)24(5)14-13-15-29(36-8)22-27(11-2)16-17-30(37-9)20-23(4)19-28(31)12-3/h10,12-15,21,23,27,29-30,33H,1,3,6,11,16-20,22H2,2,4-5,7-9H3,(H,34,35)/b15-13-,24-14+,26-21+,31-28-. The Bertz CT molecular complexity index is 894. The molecule has 0 aliphatic carbocycles. The summed E-state index contributed by atoms with van der Waals surface area (Å²) < 4.78 is 11.6. The molecule has 5 heteroatoms. The number of nitrogens with one attached hydrogen (secondary N) is 2. The minimum atomic E-state index is -0.145. The molecule has 2 N–H and O–H groups in total. The molecule has 0 radical (unpaired) electrons. The smallest absolute Gasteiger partial charge is 0.251 e. The van der Waals surface area contributed by atoms with Gasteiger partial charge < -0.3 is 20.1 Å². The number of methoxy groups -OCH3 is 2. The van der Waals surface area contributed by atoms with E-state index in [2.05, 4.69) is 44.2 Å². The van der Waals surface area contributed by atoms with E-state index in [1.165, 1.54) is 0 Å². The van der Waals surface area contributed by atoms with Crippen molar-refractivity contribution < 1.29 is 14.3 Å². The summed E-state index contributed by atoms with van der Waals surface area (Å²) in [6.07, 6.45) is 17.6. The zero-order valence-corrected chi connectivity index (χ0v) is 24.1. The monoisotopic (exact) mass is 510 g/mol. The molecule has 4 unspecified atom stereocenters. The predicted octanol–water partition coefficient (Wildman–Crippen LogP) is 6.94. The SMILES string of the molecule is C=CCN/C1=C(/C=C)CC(C)CC(OC)CCC(CC)CC(OC)/C=C\C=C(/C)C(=O)N/C(C)=C/C1=C. The number of allylic oxidation sites excluding steroid dienone is 6. The Balaban J connectivity index is 3.40. The Morgan fingerprint density at radius 2 is 1.89 bits per heavy atom. The van der Waals surface area contributed by atoms with Crippen molar-refractivity contribution in [3.05, 3.63) is 84.3 Å². The lowest BCUT2D eigenvalue weighted by Gasteiger charge is -2.25. The Hall–Kier alpha value is -2.63. The third kappa shape index (κ3) is 12.0. The van der Waals surface area contributed by atoms with E-state index in [-0.39, 0.29) is 18.1 Å². The van der Waals surface area contributed by atoms with Gasteiger partial charge in [0, 0.05) is 37.7 Å². The van der Waals surface area contributed by atoms with E-state index in [9.17, 15) is 4.79 Å². The van der Waals surface area contributed by atoms with Crippen molar-refractivity contribution in [2.45, 2.75) is 78.4 Å².